The van der Waals surface area contributed by atoms with E-state index in [1.807, 2.05) is 12.1 Å². The number of aromatic hydroxyl groups is 1. The fourth-order valence-corrected chi connectivity index (χ4v) is 5.56. The summed E-state index contributed by atoms with van der Waals surface area (Å²) in [6.45, 7) is 0. The smallest absolute Gasteiger partial charge is 0.279 e. The van der Waals surface area contributed by atoms with Gasteiger partial charge in [0.15, 0.2) is 4.80 Å². The van der Waals surface area contributed by atoms with E-state index in [1.165, 1.54) is 23.5 Å². The quantitative estimate of drug-likeness (QED) is 0.543. The zero-order valence-corrected chi connectivity index (χ0v) is 19.0. The second-order valence-corrected chi connectivity index (χ2v) is 10.6. The van der Waals surface area contributed by atoms with Crippen molar-refractivity contribution >= 4 is 54.5 Å². The first-order valence-electron chi connectivity index (χ1n) is 9.28. The molecule has 3 aromatic rings. The lowest BCUT2D eigenvalue weighted by atomic mass is 10.1. The van der Waals surface area contributed by atoms with E-state index in [9.17, 15) is 18.3 Å². The molecule has 2 aliphatic rings. The number of carbonyl (C=O) groups excluding carboxylic acids is 1. The third-order valence-electron chi connectivity index (χ3n) is 5.04. The van der Waals surface area contributed by atoms with E-state index >= 15 is 0 Å². The maximum Gasteiger partial charge on any atom is 0.279 e. The number of benzene rings is 2. The largest absolute Gasteiger partial charge is 0.493 e. The summed E-state index contributed by atoms with van der Waals surface area (Å²) in [5, 5.41) is 17.4. The number of nitrogens with zero attached hydrogens (tertiary/aromatic N) is 3. The first kappa shape index (κ1) is 20.3. The fourth-order valence-electron chi connectivity index (χ4n) is 3.43. The molecule has 1 aliphatic carbocycles. The molecule has 2 heterocycles. The van der Waals surface area contributed by atoms with Gasteiger partial charge in [-0.1, -0.05) is 23.5 Å². The SMILES string of the molecule is NS(=O)(=O)c1ccc(N=c2sc(C3=c4cccc(Br)c4=NC3=O)c(O)n2C2CC2)cc1. The molecule has 3 N–H and O–H groups in total. The Hall–Kier alpha value is -2.60. The molecule has 11 heteroatoms. The Bertz CT molecular complexity index is 1550. The van der Waals surface area contributed by atoms with Crippen molar-refractivity contribution in [2.75, 3.05) is 0 Å². The number of hydrogen-bond acceptors (Lipinski definition) is 6. The molecule has 1 aliphatic heterocycles. The third kappa shape index (κ3) is 3.57. The van der Waals surface area contributed by atoms with Crippen molar-refractivity contribution in [1.29, 1.82) is 0 Å². The van der Waals surface area contributed by atoms with Crippen LogP contribution in [0.4, 0.5) is 5.69 Å². The highest BCUT2D eigenvalue weighted by molar-refractivity contribution is 9.10. The van der Waals surface area contributed by atoms with Crippen LogP contribution >= 0.6 is 27.3 Å². The van der Waals surface area contributed by atoms with Gasteiger partial charge in [0, 0.05) is 15.7 Å². The Morgan fingerprint density at radius 1 is 1.19 bits per heavy atom. The standard InChI is InChI=1S/C20H15BrN4O4S2/c21-14-3-1-2-13-15(18(26)24-16(13)14)17-19(27)25(11-6-7-11)20(30-17)23-10-4-8-12(9-5-10)31(22,28)29/h1-5,8-9,11,27H,6-7H2,(H2,22,28,29). The second kappa shape index (κ2) is 7.23. The molecule has 2 aromatic carbocycles. The van der Waals surface area contributed by atoms with Crippen molar-refractivity contribution < 1.29 is 18.3 Å². The Labute approximate surface area is 188 Å². The Morgan fingerprint density at radius 3 is 2.55 bits per heavy atom. The molecule has 0 saturated heterocycles. The van der Waals surface area contributed by atoms with Crippen LogP contribution < -0.4 is 20.5 Å². The summed E-state index contributed by atoms with van der Waals surface area (Å²) in [5.74, 6) is -0.427. The molecule has 8 nitrogen and oxygen atoms in total. The van der Waals surface area contributed by atoms with Gasteiger partial charge >= 0.3 is 0 Å². The minimum Gasteiger partial charge on any atom is -0.493 e. The molecule has 1 amide bonds. The van der Waals surface area contributed by atoms with Crippen LogP contribution in [0, 0.1) is 0 Å². The van der Waals surface area contributed by atoms with Gasteiger partial charge < -0.3 is 5.11 Å². The van der Waals surface area contributed by atoms with Crippen molar-refractivity contribution in [3.8, 4) is 5.88 Å². The zero-order valence-electron chi connectivity index (χ0n) is 15.8. The summed E-state index contributed by atoms with van der Waals surface area (Å²) in [6, 6.07) is 11.4. The van der Waals surface area contributed by atoms with Gasteiger partial charge in [0.2, 0.25) is 15.9 Å². The molecule has 0 bridgehead atoms. The van der Waals surface area contributed by atoms with Crippen LogP contribution in [0.2, 0.25) is 0 Å². The van der Waals surface area contributed by atoms with Gasteiger partial charge in [-0.05, 0) is 59.1 Å². The third-order valence-corrected chi connectivity index (χ3v) is 7.67. The molecular weight excluding hydrogens is 504 g/mol. The highest BCUT2D eigenvalue weighted by atomic mass is 79.9. The summed E-state index contributed by atoms with van der Waals surface area (Å²) < 4.78 is 25.4. The van der Waals surface area contributed by atoms with Crippen molar-refractivity contribution in [1.82, 2.24) is 4.57 Å². The van der Waals surface area contributed by atoms with Crippen LogP contribution in [0.3, 0.4) is 0 Å². The molecule has 0 atom stereocenters. The molecule has 0 radical (unpaired) electrons. The van der Waals surface area contributed by atoms with Crippen molar-refractivity contribution in [2.45, 2.75) is 23.8 Å². The first-order valence-corrected chi connectivity index (χ1v) is 12.4. The maximum atomic E-state index is 12.7. The number of amides is 1. The number of nitrogens with two attached hydrogens (primary N) is 1. The average Bonchev–Trinajstić information content (AvgIpc) is 3.41. The second-order valence-electron chi connectivity index (χ2n) is 7.22. The summed E-state index contributed by atoms with van der Waals surface area (Å²) in [4.78, 5) is 22.3. The van der Waals surface area contributed by atoms with Gasteiger partial charge in [0.05, 0.1) is 21.5 Å². The highest BCUT2D eigenvalue weighted by Crippen LogP contribution is 2.40. The topological polar surface area (TPSA) is 127 Å². The van der Waals surface area contributed by atoms with Crippen molar-refractivity contribution in [3.63, 3.8) is 0 Å². The maximum absolute atomic E-state index is 12.7. The number of sulfonamides is 1. The zero-order chi connectivity index (χ0) is 21.9. The van der Waals surface area contributed by atoms with Gasteiger partial charge in [-0.25, -0.2) is 23.5 Å². The number of fused-ring (bicyclic) bond motifs is 1. The minimum absolute atomic E-state index is 0.00728. The molecule has 1 fully saturated rings. The fraction of sp³-hybridized carbons (Fsp3) is 0.150. The van der Waals surface area contributed by atoms with Crippen LogP contribution in [0.1, 0.15) is 23.8 Å². The van der Waals surface area contributed by atoms with Gasteiger partial charge in [0.1, 0.15) is 4.88 Å². The summed E-state index contributed by atoms with van der Waals surface area (Å²) in [5.41, 5.74) is 0.851. The van der Waals surface area contributed by atoms with Gasteiger partial charge in [-0.3, -0.25) is 9.36 Å². The van der Waals surface area contributed by atoms with Crippen LogP contribution in [0.5, 0.6) is 5.88 Å². The lowest BCUT2D eigenvalue weighted by Gasteiger charge is -2.03. The Balaban J connectivity index is 1.71. The lowest BCUT2D eigenvalue weighted by molar-refractivity contribution is -0.112. The van der Waals surface area contributed by atoms with E-state index in [2.05, 4.69) is 25.9 Å². The van der Waals surface area contributed by atoms with E-state index in [1.54, 1.807) is 22.8 Å². The molecular formula is C20H15BrN4O4S2. The number of hydrogen-bond donors (Lipinski definition) is 2. The van der Waals surface area contributed by atoms with E-state index < -0.39 is 15.9 Å². The van der Waals surface area contributed by atoms with E-state index in [-0.39, 0.29) is 16.8 Å². The number of thiazole rings is 1. The van der Waals surface area contributed by atoms with Crippen molar-refractivity contribution in [2.24, 2.45) is 15.1 Å². The Morgan fingerprint density at radius 2 is 1.90 bits per heavy atom. The predicted octanol–water partition coefficient (Wildman–Crippen LogP) is 1.59. The average molecular weight is 519 g/mol. The van der Waals surface area contributed by atoms with Gasteiger partial charge in [-0.2, -0.15) is 0 Å². The van der Waals surface area contributed by atoms with Crippen LogP contribution in [0.25, 0.3) is 5.57 Å². The number of para-hydroxylation sites is 1. The van der Waals surface area contributed by atoms with Crippen molar-refractivity contribution in [3.05, 3.63) is 67.2 Å². The molecule has 158 valence electrons. The van der Waals surface area contributed by atoms with E-state index in [0.29, 0.717) is 36.0 Å². The summed E-state index contributed by atoms with van der Waals surface area (Å²) >= 11 is 4.62. The minimum atomic E-state index is -3.80. The molecule has 1 aromatic heterocycles. The first-order chi connectivity index (χ1) is 14.7. The molecule has 5 rings (SSSR count). The van der Waals surface area contributed by atoms with Crippen LogP contribution in [0.15, 0.2) is 61.8 Å². The highest BCUT2D eigenvalue weighted by Gasteiger charge is 2.32. The predicted molar refractivity (Wildman–Crippen MR) is 118 cm³/mol. The molecule has 0 spiro atoms. The number of carbonyl (C=O) groups is 1. The number of halogens is 1. The van der Waals surface area contributed by atoms with E-state index in [0.717, 1.165) is 12.8 Å². The Kier molecular flexibility index (Phi) is 4.74. The summed E-state index contributed by atoms with van der Waals surface area (Å²) in [7, 11) is -3.80. The molecule has 0 unspecified atom stereocenters. The van der Waals surface area contributed by atoms with E-state index in [4.69, 9.17) is 5.14 Å². The lowest BCUT2D eigenvalue weighted by Crippen LogP contribution is -2.24. The number of primary sulfonamides is 1. The van der Waals surface area contributed by atoms with Gasteiger partial charge in [-0.15, -0.1) is 0 Å². The monoisotopic (exact) mass is 518 g/mol. The molecule has 31 heavy (non-hydrogen) atoms. The molecule has 1 saturated carbocycles. The number of aromatic nitrogens is 1. The number of rotatable bonds is 4. The van der Waals surface area contributed by atoms with Gasteiger partial charge in [0.25, 0.3) is 5.91 Å². The normalized spacial score (nSPS) is 16.5. The van der Waals surface area contributed by atoms with Crippen LogP contribution in [-0.2, 0) is 14.8 Å². The van der Waals surface area contributed by atoms with Crippen LogP contribution in [-0.4, -0.2) is 24.0 Å². The summed E-state index contributed by atoms with van der Waals surface area (Å²) in [6.07, 6.45) is 1.80.